The van der Waals surface area contributed by atoms with Crippen LogP contribution in [0.25, 0.3) is 0 Å². The molecule has 0 spiro atoms. The highest BCUT2D eigenvalue weighted by atomic mass is 16.4. The van der Waals surface area contributed by atoms with Crippen LogP contribution in [0.4, 0.5) is 0 Å². The van der Waals surface area contributed by atoms with Crippen molar-refractivity contribution in [3.63, 3.8) is 0 Å². The molecule has 0 bridgehead atoms. The van der Waals surface area contributed by atoms with E-state index in [1.807, 2.05) is 21.0 Å². The predicted molar refractivity (Wildman–Crippen MR) is 66.7 cm³/mol. The predicted octanol–water partition coefficient (Wildman–Crippen LogP) is 1.42. The lowest BCUT2D eigenvalue weighted by molar-refractivity contribution is -0.144. The minimum atomic E-state index is -0.816. The summed E-state index contributed by atoms with van der Waals surface area (Å²) < 4.78 is 0. The largest absolute Gasteiger partial charge is 0.480 e. The number of rotatable bonds is 7. The smallest absolute Gasteiger partial charge is 0.323 e. The average molecular weight is 230 g/mol. The van der Waals surface area contributed by atoms with Gasteiger partial charge < -0.3 is 15.3 Å². The number of carboxylic acid groups (broad SMARTS) is 1. The number of hydrogen-bond acceptors (Lipinski definition) is 3. The van der Waals surface area contributed by atoms with Gasteiger partial charge in [-0.1, -0.05) is 20.8 Å². The second-order valence-electron chi connectivity index (χ2n) is 5.75. The maximum Gasteiger partial charge on any atom is 0.323 e. The van der Waals surface area contributed by atoms with E-state index in [0.29, 0.717) is 13.0 Å². The van der Waals surface area contributed by atoms with E-state index < -0.39 is 11.5 Å². The first-order valence-corrected chi connectivity index (χ1v) is 5.76. The Morgan fingerprint density at radius 1 is 1.31 bits per heavy atom. The van der Waals surface area contributed by atoms with Gasteiger partial charge in [-0.15, -0.1) is 0 Å². The Morgan fingerprint density at radius 3 is 2.12 bits per heavy atom. The summed E-state index contributed by atoms with van der Waals surface area (Å²) in [5, 5.41) is 12.3. The van der Waals surface area contributed by atoms with Crippen molar-refractivity contribution in [2.75, 3.05) is 27.2 Å². The second kappa shape index (κ2) is 5.64. The highest BCUT2D eigenvalue weighted by molar-refractivity contribution is 5.78. The zero-order valence-corrected chi connectivity index (χ0v) is 11.4. The molecule has 0 amide bonds. The molecule has 1 unspecified atom stereocenters. The quantitative estimate of drug-likeness (QED) is 0.694. The van der Waals surface area contributed by atoms with Crippen LogP contribution in [-0.4, -0.2) is 48.7 Å². The first-order chi connectivity index (χ1) is 7.13. The zero-order valence-electron chi connectivity index (χ0n) is 11.4. The van der Waals surface area contributed by atoms with E-state index in [9.17, 15) is 4.79 Å². The van der Waals surface area contributed by atoms with Crippen LogP contribution in [0.3, 0.4) is 0 Å². The van der Waals surface area contributed by atoms with Gasteiger partial charge in [-0.3, -0.25) is 4.79 Å². The molecule has 4 nitrogen and oxygen atoms in total. The van der Waals surface area contributed by atoms with Crippen molar-refractivity contribution in [1.29, 1.82) is 0 Å². The van der Waals surface area contributed by atoms with E-state index in [0.717, 1.165) is 6.54 Å². The molecule has 0 aromatic rings. The minimum absolute atomic E-state index is 0.0649. The van der Waals surface area contributed by atoms with Crippen LogP contribution in [0.2, 0.25) is 0 Å². The summed E-state index contributed by atoms with van der Waals surface area (Å²) in [6, 6.07) is 0. The van der Waals surface area contributed by atoms with E-state index in [1.54, 1.807) is 6.92 Å². The van der Waals surface area contributed by atoms with Crippen LogP contribution in [0, 0.1) is 5.41 Å². The van der Waals surface area contributed by atoms with Gasteiger partial charge in [-0.2, -0.15) is 0 Å². The molecule has 16 heavy (non-hydrogen) atoms. The number of carboxylic acids is 1. The fraction of sp³-hybridized carbons (Fsp3) is 0.917. The van der Waals surface area contributed by atoms with Gasteiger partial charge in [0.2, 0.25) is 0 Å². The Kier molecular flexibility index (Phi) is 5.42. The van der Waals surface area contributed by atoms with Crippen LogP contribution in [0.5, 0.6) is 0 Å². The van der Waals surface area contributed by atoms with Gasteiger partial charge in [-0.25, -0.2) is 0 Å². The normalized spacial score (nSPS) is 16.2. The van der Waals surface area contributed by atoms with Gasteiger partial charge in [0.25, 0.3) is 0 Å². The summed E-state index contributed by atoms with van der Waals surface area (Å²) >= 11 is 0. The van der Waals surface area contributed by atoms with E-state index in [4.69, 9.17) is 5.11 Å². The van der Waals surface area contributed by atoms with Gasteiger partial charge in [0.1, 0.15) is 5.54 Å². The molecule has 0 aliphatic carbocycles. The molecule has 96 valence electrons. The molecular formula is C12H26N2O2. The standard InChI is InChI=1S/C12H26N2O2/c1-7-12(4,10(15)16)13-8-11(2,3)9-14(5)6/h13H,7-9H2,1-6H3,(H,15,16). The first-order valence-electron chi connectivity index (χ1n) is 5.76. The lowest BCUT2D eigenvalue weighted by atomic mass is 9.90. The molecule has 0 aromatic heterocycles. The molecule has 0 saturated heterocycles. The molecule has 1 atom stereocenters. The van der Waals surface area contributed by atoms with Crippen molar-refractivity contribution in [3.05, 3.63) is 0 Å². The number of carbonyl (C=O) groups is 1. The lowest BCUT2D eigenvalue weighted by Crippen LogP contribution is -2.53. The Balaban J connectivity index is 4.36. The van der Waals surface area contributed by atoms with Gasteiger partial charge in [0.05, 0.1) is 0 Å². The summed E-state index contributed by atoms with van der Waals surface area (Å²) in [6.45, 7) is 9.53. The van der Waals surface area contributed by atoms with E-state index >= 15 is 0 Å². The maximum absolute atomic E-state index is 11.1. The third-order valence-electron chi connectivity index (χ3n) is 2.88. The fourth-order valence-electron chi connectivity index (χ4n) is 1.70. The fourth-order valence-corrected chi connectivity index (χ4v) is 1.70. The van der Waals surface area contributed by atoms with Gasteiger partial charge in [-0.05, 0) is 32.9 Å². The number of aliphatic carboxylic acids is 1. The lowest BCUT2D eigenvalue weighted by Gasteiger charge is -2.33. The SMILES string of the molecule is CCC(C)(NCC(C)(C)CN(C)C)C(=O)O. The van der Waals surface area contributed by atoms with Crippen molar-refractivity contribution in [2.45, 2.75) is 39.7 Å². The zero-order chi connectivity index (χ0) is 13.0. The molecule has 0 aliphatic heterocycles. The molecule has 4 heteroatoms. The molecule has 0 rings (SSSR count). The van der Waals surface area contributed by atoms with Crippen LogP contribution >= 0.6 is 0 Å². The Labute approximate surface area is 99.0 Å². The van der Waals surface area contributed by atoms with E-state index in [2.05, 4.69) is 24.1 Å². The molecule has 0 saturated carbocycles. The highest BCUT2D eigenvalue weighted by Gasteiger charge is 2.32. The van der Waals surface area contributed by atoms with Crippen molar-refractivity contribution >= 4 is 5.97 Å². The van der Waals surface area contributed by atoms with Crippen molar-refractivity contribution in [3.8, 4) is 0 Å². The first kappa shape index (κ1) is 15.4. The number of hydrogen-bond donors (Lipinski definition) is 2. The third-order valence-corrected chi connectivity index (χ3v) is 2.88. The number of nitrogens with zero attached hydrogens (tertiary/aromatic N) is 1. The number of nitrogens with one attached hydrogen (secondary N) is 1. The highest BCUT2D eigenvalue weighted by Crippen LogP contribution is 2.17. The van der Waals surface area contributed by atoms with Gasteiger partial charge in [0.15, 0.2) is 0 Å². The molecule has 0 radical (unpaired) electrons. The maximum atomic E-state index is 11.1. The van der Waals surface area contributed by atoms with Crippen molar-refractivity contribution < 1.29 is 9.90 Å². The molecule has 0 heterocycles. The Bertz CT molecular complexity index is 239. The summed E-state index contributed by atoms with van der Waals surface area (Å²) in [4.78, 5) is 13.2. The summed E-state index contributed by atoms with van der Waals surface area (Å²) in [7, 11) is 4.05. The summed E-state index contributed by atoms with van der Waals surface area (Å²) in [6.07, 6.45) is 0.584. The summed E-state index contributed by atoms with van der Waals surface area (Å²) in [5.74, 6) is -0.782. The van der Waals surface area contributed by atoms with Crippen LogP contribution in [0.1, 0.15) is 34.1 Å². The molecular weight excluding hydrogens is 204 g/mol. The van der Waals surface area contributed by atoms with Crippen LogP contribution in [0.15, 0.2) is 0 Å². The summed E-state index contributed by atoms with van der Waals surface area (Å²) in [5.41, 5.74) is -0.751. The second-order valence-corrected chi connectivity index (χ2v) is 5.75. The monoisotopic (exact) mass is 230 g/mol. The Hall–Kier alpha value is -0.610. The topological polar surface area (TPSA) is 52.6 Å². The molecule has 0 aliphatic rings. The van der Waals surface area contributed by atoms with Crippen molar-refractivity contribution in [1.82, 2.24) is 10.2 Å². The van der Waals surface area contributed by atoms with E-state index in [1.165, 1.54) is 0 Å². The Morgan fingerprint density at radius 2 is 1.81 bits per heavy atom. The molecule has 0 fully saturated rings. The minimum Gasteiger partial charge on any atom is -0.480 e. The van der Waals surface area contributed by atoms with Gasteiger partial charge >= 0.3 is 5.97 Å². The van der Waals surface area contributed by atoms with E-state index in [-0.39, 0.29) is 5.41 Å². The van der Waals surface area contributed by atoms with Crippen LogP contribution < -0.4 is 5.32 Å². The van der Waals surface area contributed by atoms with Crippen molar-refractivity contribution in [2.24, 2.45) is 5.41 Å². The molecule has 0 aromatic carbocycles. The third kappa shape index (κ3) is 4.94. The van der Waals surface area contributed by atoms with Crippen LogP contribution in [-0.2, 0) is 4.79 Å². The average Bonchev–Trinajstić information content (AvgIpc) is 2.12. The molecule has 2 N–H and O–H groups in total. The van der Waals surface area contributed by atoms with Gasteiger partial charge in [0, 0.05) is 13.1 Å².